The fourth-order valence-corrected chi connectivity index (χ4v) is 7.28. The lowest BCUT2D eigenvalue weighted by molar-refractivity contribution is -0.887. The van der Waals surface area contributed by atoms with Crippen molar-refractivity contribution in [1.29, 1.82) is 0 Å². The van der Waals surface area contributed by atoms with Crippen molar-refractivity contribution in [2.45, 2.75) is 212 Å². The van der Waals surface area contributed by atoms with Crippen LogP contribution in [0.2, 0.25) is 0 Å². The Morgan fingerprint density at radius 1 is 0.456 bits per heavy atom. The van der Waals surface area contributed by atoms with E-state index >= 15 is 0 Å². The predicted octanol–water partition coefficient (Wildman–Crippen LogP) is 16.0. The van der Waals surface area contributed by atoms with E-state index in [0.29, 0.717) is 19.3 Å². The van der Waals surface area contributed by atoms with Crippen LogP contribution in [-0.4, -0.2) is 80.6 Å². The molecule has 386 valence electrons. The Morgan fingerprint density at radius 2 is 0.824 bits per heavy atom. The molecule has 0 aromatic rings. The van der Waals surface area contributed by atoms with Gasteiger partial charge in [-0.2, -0.15) is 0 Å². The molecule has 68 heavy (non-hydrogen) atoms. The number of unbranched alkanes of at least 4 members (excludes halogenated alkanes) is 15. The van der Waals surface area contributed by atoms with Crippen molar-refractivity contribution < 1.29 is 38.2 Å². The molecule has 0 saturated carbocycles. The van der Waals surface area contributed by atoms with Gasteiger partial charge in [0.2, 0.25) is 0 Å². The highest BCUT2D eigenvalue weighted by Crippen LogP contribution is 2.14. The summed E-state index contributed by atoms with van der Waals surface area (Å²) in [6.45, 7) is 4.55. The summed E-state index contributed by atoms with van der Waals surface area (Å²) >= 11 is 0. The highest BCUT2D eigenvalue weighted by molar-refractivity contribution is 5.72. The van der Waals surface area contributed by atoms with Crippen LogP contribution >= 0.6 is 0 Å². The topological polar surface area (TPSA) is 99.1 Å². The number of aliphatic carboxylic acids is 1. The van der Waals surface area contributed by atoms with Crippen molar-refractivity contribution in [2.75, 3.05) is 41.0 Å². The summed E-state index contributed by atoms with van der Waals surface area (Å²) in [7, 11) is 5.51. The molecule has 8 nitrogen and oxygen atoms in total. The van der Waals surface area contributed by atoms with E-state index in [2.05, 4.69) is 123 Å². The molecule has 0 aromatic carbocycles. The number of quaternary nitrogens is 1. The van der Waals surface area contributed by atoms with Crippen molar-refractivity contribution in [3.05, 3.63) is 109 Å². The quantitative estimate of drug-likeness (QED) is 0.0281. The summed E-state index contributed by atoms with van der Waals surface area (Å²) in [6.07, 6.45) is 68.5. The van der Waals surface area contributed by atoms with Crippen LogP contribution in [0.5, 0.6) is 0 Å². The second-order valence-electron chi connectivity index (χ2n) is 18.7. The molecule has 0 saturated heterocycles. The number of carboxylic acids is 1. The predicted molar refractivity (Wildman–Crippen MR) is 289 cm³/mol. The molecule has 0 spiro atoms. The zero-order valence-electron chi connectivity index (χ0n) is 44.0. The molecule has 2 unspecified atom stereocenters. The SMILES string of the molecule is CC/C=C/C/C=C/C/C=C/C/C=C/C/C=C/C/C=C/CCCCCC(=O)OC(COCCC(C(=O)O)[N+](C)(C)C)COC(=O)CCCCCCCCCCC/C=C/C/C=C/C/C=C/CCCCC. The van der Waals surface area contributed by atoms with Crippen molar-refractivity contribution in [2.24, 2.45) is 0 Å². The molecule has 0 aromatic heterocycles. The van der Waals surface area contributed by atoms with E-state index in [1.165, 1.54) is 64.2 Å². The summed E-state index contributed by atoms with van der Waals surface area (Å²) in [5.74, 6) is -1.53. The Hall–Kier alpha value is -4.01. The van der Waals surface area contributed by atoms with Crippen LogP contribution in [0.15, 0.2) is 109 Å². The molecular formula is C60H100NO7+. The number of carboxylic acid groups (broad SMARTS) is 1. The van der Waals surface area contributed by atoms with Gasteiger partial charge < -0.3 is 23.8 Å². The average Bonchev–Trinajstić information content (AvgIpc) is 3.30. The van der Waals surface area contributed by atoms with Gasteiger partial charge in [-0.05, 0) is 103 Å². The largest absolute Gasteiger partial charge is 0.477 e. The van der Waals surface area contributed by atoms with Gasteiger partial charge in [0, 0.05) is 19.3 Å². The Kier molecular flexibility index (Phi) is 46.5. The molecule has 0 radical (unpaired) electrons. The fourth-order valence-electron chi connectivity index (χ4n) is 7.28. The van der Waals surface area contributed by atoms with Gasteiger partial charge >= 0.3 is 17.9 Å². The van der Waals surface area contributed by atoms with Gasteiger partial charge in [-0.15, -0.1) is 0 Å². The maximum absolute atomic E-state index is 12.8. The van der Waals surface area contributed by atoms with Crippen LogP contribution in [0.3, 0.4) is 0 Å². The molecule has 0 rings (SSSR count). The number of carbonyl (C=O) groups is 3. The normalized spacial score (nSPS) is 13.7. The molecule has 0 amide bonds. The molecule has 0 aliphatic rings. The van der Waals surface area contributed by atoms with Crippen molar-refractivity contribution in [3.63, 3.8) is 0 Å². The number of ether oxygens (including phenoxy) is 3. The molecule has 2 atom stereocenters. The molecular weight excluding hydrogens is 847 g/mol. The monoisotopic (exact) mass is 947 g/mol. The number of carbonyl (C=O) groups excluding carboxylic acids is 2. The van der Waals surface area contributed by atoms with E-state index in [4.69, 9.17) is 14.2 Å². The van der Waals surface area contributed by atoms with Crippen LogP contribution in [0.1, 0.15) is 200 Å². The summed E-state index contributed by atoms with van der Waals surface area (Å²) in [4.78, 5) is 37.2. The molecule has 1 N–H and O–H groups in total. The van der Waals surface area contributed by atoms with Gasteiger partial charge in [0.15, 0.2) is 12.1 Å². The number of hydrogen-bond acceptors (Lipinski definition) is 6. The van der Waals surface area contributed by atoms with E-state index in [-0.39, 0.29) is 42.7 Å². The van der Waals surface area contributed by atoms with Crippen molar-refractivity contribution in [1.82, 2.24) is 0 Å². The average molecular weight is 947 g/mol. The zero-order valence-corrected chi connectivity index (χ0v) is 44.0. The van der Waals surface area contributed by atoms with Gasteiger partial charge in [-0.1, -0.05) is 187 Å². The molecule has 0 aliphatic carbocycles. The van der Waals surface area contributed by atoms with Crippen molar-refractivity contribution >= 4 is 17.9 Å². The summed E-state index contributed by atoms with van der Waals surface area (Å²) < 4.78 is 17.3. The number of allylic oxidation sites excluding steroid dienone is 18. The third-order valence-corrected chi connectivity index (χ3v) is 11.4. The van der Waals surface area contributed by atoms with Gasteiger partial charge in [0.05, 0.1) is 34.4 Å². The van der Waals surface area contributed by atoms with E-state index in [9.17, 15) is 19.5 Å². The highest BCUT2D eigenvalue weighted by atomic mass is 16.6. The van der Waals surface area contributed by atoms with Crippen LogP contribution in [0, 0.1) is 0 Å². The fraction of sp³-hybridized carbons (Fsp3) is 0.650. The number of rotatable bonds is 47. The molecule has 0 heterocycles. The first-order valence-electron chi connectivity index (χ1n) is 26.9. The minimum absolute atomic E-state index is 0.0387. The van der Waals surface area contributed by atoms with Crippen LogP contribution in [0.25, 0.3) is 0 Å². The molecule has 0 fully saturated rings. The molecule has 0 aliphatic heterocycles. The van der Waals surface area contributed by atoms with E-state index < -0.39 is 18.1 Å². The number of hydrogen-bond donors (Lipinski definition) is 1. The lowest BCUT2D eigenvalue weighted by Gasteiger charge is -2.31. The highest BCUT2D eigenvalue weighted by Gasteiger charge is 2.31. The van der Waals surface area contributed by atoms with Crippen LogP contribution in [0.4, 0.5) is 0 Å². The second-order valence-corrected chi connectivity index (χ2v) is 18.7. The number of likely N-dealkylation sites (N-methyl/N-ethyl adjacent to an activating group) is 1. The maximum Gasteiger partial charge on any atom is 0.362 e. The lowest BCUT2D eigenvalue weighted by Crippen LogP contribution is -2.50. The minimum atomic E-state index is -0.885. The first-order chi connectivity index (χ1) is 33.1. The summed E-state index contributed by atoms with van der Waals surface area (Å²) in [6, 6.07) is -0.630. The maximum atomic E-state index is 12.8. The van der Waals surface area contributed by atoms with Crippen molar-refractivity contribution in [3.8, 4) is 0 Å². The number of esters is 2. The third-order valence-electron chi connectivity index (χ3n) is 11.4. The molecule has 8 heteroatoms. The van der Waals surface area contributed by atoms with Gasteiger partial charge in [0.25, 0.3) is 0 Å². The Labute approximate surface area is 417 Å². The van der Waals surface area contributed by atoms with Gasteiger partial charge in [0.1, 0.15) is 6.61 Å². The first-order valence-corrected chi connectivity index (χ1v) is 26.9. The second kappa shape index (κ2) is 49.4. The molecule has 0 bridgehead atoms. The third kappa shape index (κ3) is 47.1. The summed E-state index contributed by atoms with van der Waals surface area (Å²) in [5.41, 5.74) is 0. The Bertz CT molecular complexity index is 1470. The van der Waals surface area contributed by atoms with E-state index in [1.807, 2.05) is 21.1 Å². The Balaban J connectivity index is 4.33. The first kappa shape index (κ1) is 64.0. The van der Waals surface area contributed by atoms with E-state index in [0.717, 1.165) is 96.3 Å². The van der Waals surface area contributed by atoms with E-state index in [1.54, 1.807) is 0 Å². The smallest absolute Gasteiger partial charge is 0.362 e. The van der Waals surface area contributed by atoms with Gasteiger partial charge in [-0.25, -0.2) is 4.79 Å². The zero-order chi connectivity index (χ0) is 49.9. The summed E-state index contributed by atoms with van der Waals surface area (Å²) in [5, 5.41) is 9.67. The minimum Gasteiger partial charge on any atom is -0.477 e. The van der Waals surface area contributed by atoms with Crippen LogP contribution < -0.4 is 0 Å². The Morgan fingerprint density at radius 3 is 1.24 bits per heavy atom. The van der Waals surface area contributed by atoms with Gasteiger partial charge in [-0.3, -0.25) is 9.59 Å². The lowest BCUT2D eigenvalue weighted by atomic mass is 10.1. The number of nitrogens with zero attached hydrogens (tertiary/aromatic N) is 1. The standard InChI is InChI=1S/C60H99NO7/c1-6-8-10-12-14-16-18-20-22-24-26-28-30-32-34-36-38-40-42-44-46-48-50-58(62)67-55-56(54-66-53-52-57(60(64)65)61(3,4)5)68-59(63)51-49-47-45-43-41-39-37-35-33-31-29-27-25-23-21-19-17-15-13-11-9-7-2/h9,11,14-17,20-23,26-29,33,35,39,41,56-57H,6-8,10,12-13,18-19,24-25,30-32,34,36-38,40,42-55H2,1-5H3/p+1/b11-9+,16-14+,17-15+,22-20+,23-21+,28-26+,29-27+,35-33+,41-39+. The van der Waals surface area contributed by atoms with Crippen LogP contribution in [-0.2, 0) is 28.6 Å².